The molecule has 1 unspecified atom stereocenters. The van der Waals surface area contributed by atoms with Gasteiger partial charge in [0.25, 0.3) is 0 Å². The van der Waals surface area contributed by atoms with Gasteiger partial charge in [-0.2, -0.15) is 5.10 Å². The standard InChI is InChI=1S/C14H18N4O/c1-11-2-4-12(5-3-11)8-18-6-7-19-9-13(18)14-15-10-16-17-14/h2-5,10,13H,6-9H2,1H3,(H,15,16,17). The summed E-state index contributed by atoms with van der Waals surface area (Å²) >= 11 is 0. The average Bonchev–Trinajstić information content (AvgIpc) is 2.96. The summed E-state index contributed by atoms with van der Waals surface area (Å²) in [4.78, 5) is 6.64. The van der Waals surface area contributed by atoms with E-state index in [0.29, 0.717) is 6.61 Å². The molecule has 1 aliphatic heterocycles. The highest BCUT2D eigenvalue weighted by Crippen LogP contribution is 2.23. The number of aryl methyl sites for hydroxylation is 1. The Morgan fingerprint density at radius 3 is 2.95 bits per heavy atom. The van der Waals surface area contributed by atoms with E-state index in [9.17, 15) is 0 Å². The van der Waals surface area contributed by atoms with E-state index < -0.39 is 0 Å². The van der Waals surface area contributed by atoms with Crippen LogP contribution in [0.5, 0.6) is 0 Å². The van der Waals surface area contributed by atoms with Gasteiger partial charge in [0.1, 0.15) is 12.2 Å². The Morgan fingerprint density at radius 1 is 1.37 bits per heavy atom. The van der Waals surface area contributed by atoms with Crippen LogP contribution in [0.25, 0.3) is 0 Å². The summed E-state index contributed by atoms with van der Waals surface area (Å²) in [6.45, 7) is 5.38. The fourth-order valence-electron chi connectivity index (χ4n) is 2.38. The van der Waals surface area contributed by atoms with Crippen molar-refractivity contribution in [2.75, 3.05) is 19.8 Å². The van der Waals surface area contributed by atoms with Crippen LogP contribution in [0.3, 0.4) is 0 Å². The molecule has 0 spiro atoms. The highest BCUT2D eigenvalue weighted by Gasteiger charge is 2.26. The number of H-pyrrole nitrogens is 1. The summed E-state index contributed by atoms with van der Waals surface area (Å²) < 4.78 is 5.56. The first-order chi connectivity index (χ1) is 9.33. The van der Waals surface area contributed by atoms with E-state index in [0.717, 1.165) is 25.5 Å². The van der Waals surface area contributed by atoms with Crippen molar-refractivity contribution < 1.29 is 4.74 Å². The zero-order valence-electron chi connectivity index (χ0n) is 11.0. The molecular weight excluding hydrogens is 240 g/mol. The van der Waals surface area contributed by atoms with Gasteiger partial charge < -0.3 is 4.74 Å². The van der Waals surface area contributed by atoms with Crippen molar-refractivity contribution in [3.05, 3.63) is 47.5 Å². The van der Waals surface area contributed by atoms with Crippen LogP contribution in [0, 0.1) is 6.92 Å². The summed E-state index contributed by atoms with van der Waals surface area (Å²) in [6, 6.07) is 8.83. The Balaban J connectivity index is 1.75. The summed E-state index contributed by atoms with van der Waals surface area (Å²) in [6.07, 6.45) is 1.55. The van der Waals surface area contributed by atoms with Crippen LogP contribution in [0.1, 0.15) is 23.0 Å². The molecule has 0 radical (unpaired) electrons. The van der Waals surface area contributed by atoms with Crippen LogP contribution in [-0.2, 0) is 11.3 Å². The molecule has 5 heteroatoms. The van der Waals surface area contributed by atoms with Crippen molar-refractivity contribution in [3.63, 3.8) is 0 Å². The van der Waals surface area contributed by atoms with E-state index >= 15 is 0 Å². The molecule has 2 heterocycles. The molecule has 1 aromatic heterocycles. The second kappa shape index (κ2) is 5.50. The molecular formula is C14H18N4O. The number of nitrogens with zero attached hydrogens (tertiary/aromatic N) is 3. The van der Waals surface area contributed by atoms with Gasteiger partial charge in [0.05, 0.1) is 19.3 Å². The number of nitrogens with one attached hydrogen (secondary N) is 1. The smallest absolute Gasteiger partial charge is 0.143 e. The van der Waals surface area contributed by atoms with Gasteiger partial charge in [0.2, 0.25) is 0 Å². The van der Waals surface area contributed by atoms with E-state index in [-0.39, 0.29) is 6.04 Å². The third-order valence-corrected chi connectivity index (χ3v) is 3.49. The molecule has 0 aliphatic carbocycles. The van der Waals surface area contributed by atoms with Gasteiger partial charge in [0, 0.05) is 13.1 Å². The molecule has 0 amide bonds. The molecule has 5 nitrogen and oxygen atoms in total. The number of aromatic nitrogens is 3. The third kappa shape index (κ3) is 2.83. The number of hydrogen-bond acceptors (Lipinski definition) is 4. The Bertz CT molecular complexity index is 509. The van der Waals surface area contributed by atoms with Crippen LogP contribution in [0.4, 0.5) is 0 Å². The van der Waals surface area contributed by atoms with Crippen LogP contribution in [-0.4, -0.2) is 39.8 Å². The maximum absolute atomic E-state index is 5.56. The predicted octanol–water partition coefficient (Wildman–Crippen LogP) is 1.69. The Labute approximate surface area is 112 Å². The summed E-state index contributed by atoms with van der Waals surface area (Å²) in [5.41, 5.74) is 2.61. The largest absolute Gasteiger partial charge is 0.378 e. The van der Waals surface area contributed by atoms with Gasteiger partial charge in [-0.05, 0) is 12.5 Å². The average molecular weight is 258 g/mol. The minimum atomic E-state index is 0.164. The molecule has 3 rings (SSSR count). The Kier molecular flexibility index (Phi) is 3.57. The van der Waals surface area contributed by atoms with Crippen LogP contribution < -0.4 is 0 Å². The zero-order chi connectivity index (χ0) is 13.1. The maximum atomic E-state index is 5.56. The van der Waals surface area contributed by atoms with Crippen molar-refractivity contribution in [2.24, 2.45) is 0 Å². The lowest BCUT2D eigenvalue weighted by molar-refractivity contribution is -0.0158. The van der Waals surface area contributed by atoms with Gasteiger partial charge in [-0.25, -0.2) is 4.98 Å². The highest BCUT2D eigenvalue weighted by molar-refractivity contribution is 5.21. The van der Waals surface area contributed by atoms with E-state index in [1.165, 1.54) is 11.1 Å². The predicted molar refractivity (Wildman–Crippen MR) is 71.5 cm³/mol. The number of ether oxygens (including phenoxy) is 1. The SMILES string of the molecule is Cc1ccc(CN2CCOCC2c2ncn[nH]2)cc1. The van der Waals surface area contributed by atoms with Crippen LogP contribution in [0.2, 0.25) is 0 Å². The number of rotatable bonds is 3. The van der Waals surface area contributed by atoms with E-state index in [4.69, 9.17) is 4.74 Å². The first-order valence-corrected chi connectivity index (χ1v) is 6.55. The molecule has 1 aromatic carbocycles. The Morgan fingerprint density at radius 2 is 2.21 bits per heavy atom. The minimum Gasteiger partial charge on any atom is -0.378 e. The first kappa shape index (κ1) is 12.3. The molecule has 1 fully saturated rings. The molecule has 1 atom stereocenters. The second-order valence-electron chi connectivity index (χ2n) is 4.92. The molecule has 1 saturated heterocycles. The highest BCUT2D eigenvalue weighted by atomic mass is 16.5. The number of morpholine rings is 1. The Hall–Kier alpha value is -1.72. The maximum Gasteiger partial charge on any atom is 0.143 e. The van der Waals surface area contributed by atoms with Crippen molar-refractivity contribution in [1.82, 2.24) is 20.1 Å². The molecule has 0 saturated carbocycles. The first-order valence-electron chi connectivity index (χ1n) is 6.55. The second-order valence-corrected chi connectivity index (χ2v) is 4.92. The fourth-order valence-corrected chi connectivity index (χ4v) is 2.38. The molecule has 100 valence electrons. The van der Waals surface area contributed by atoms with Crippen LogP contribution in [0.15, 0.2) is 30.6 Å². The van der Waals surface area contributed by atoms with E-state index in [1.807, 2.05) is 0 Å². The van der Waals surface area contributed by atoms with Crippen molar-refractivity contribution >= 4 is 0 Å². The van der Waals surface area contributed by atoms with Gasteiger partial charge in [0.15, 0.2) is 0 Å². The van der Waals surface area contributed by atoms with Gasteiger partial charge in [-0.3, -0.25) is 10.00 Å². The van der Waals surface area contributed by atoms with Gasteiger partial charge in [-0.15, -0.1) is 0 Å². The number of aromatic amines is 1. The van der Waals surface area contributed by atoms with E-state index in [1.54, 1.807) is 6.33 Å². The monoisotopic (exact) mass is 258 g/mol. The third-order valence-electron chi connectivity index (χ3n) is 3.49. The van der Waals surface area contributed by atoms with Crippen LogP contribution >= 0.6 is 0 Å². The van der Waals surface area contributed by atoms with Crippen molar-refractivity contribution in [1.29, 1.82) is 0 Å². The number of benzene rings is 1. The fraction of sp³-hybridized carbons (Fsp3) is 0.429. The summed E-state index contributed by atoms with van der Waals surface area (Å²) in [7, 11) is 0. The normalized spacial score (nSPS) is 20.6. The molecule has 1 N–H and O–H groups in total. The van der Waals surface area contributed by atoms with E-state index in [2.05, 4.69) is 51.3 Å². The van der Waals surface area contributed by atoms with Crippen molar-refractivity contribution in [3.8, 4) is 0 Å². The molecule has 1 aliphatic rings. The topological polar surface area (TPSA) is 54.0 Å². The minimum absolute atomic E-state index is 0.164. The molecule has 0 bridgehead atoms. The van der Waals surface area contributed by atoms with Gasteiger partial charge in [-0.1, -0.05) is 29.8 Å². The summed E-state index contributed by atoms with van der Waals surface area (Å²) in [5, 5.41) is 6.88. The molecule has 19 heavy (non-hydrogen) atoms. The quantitative estimate of drug-likeness (QED) is 0.910. The lowest BCUT2D eigenvalue weighted by atomic mass is 10.1. The molecule has 2 aromatic rings. The summed E-state index contributed by atoms with van der Waals surface area (Å²) in [5.74, 6) is 0.881. The van der Waals surface area contributed by atoms with Crippen molar-refractivity contribution in [2.45, 2.75) is 19.5 Å². The number of hydrogen-bond donors (Lipinski definition) is 1. The lowest BCUT2D eigenvalue weighted by Gasteiger charge is -2.34. The van der Waals surface area contributed by atoms with Gasteiger partial charge >= 0.3 is 0 Å². The lowest BCUT2D eigenvalue weighted by Crippen LogP contribution is -2.39. The zero-order valence-corrected chi connectivity index (χ0v) is 11.0.